The first-order valence-electron chi connectivity index (χ1n) is 6.42. The molecule has 0 fully saturated rings. The topological polar surface area (TPSA) is 133 Å². The minimum Gasteiger partial charge on any atom is -0.480 e. The summed E-state index contributed by atoms with van der Waals surface area (Å²) < 4.78 is 5.10. The van der Waals surface area contributed by atoms with Gasteiger partial charge in [0.05, 0.1) is 0 Å². The Morgan fingerprint density at radius 1 is 1.25 bits per heavy atom. The Kier molecular flexibility index (Phi) is 6.31. The highest BCUT2D eigenvalue weighted by molar-refractivity contribution is 6.06. The van der Waals surface area contributed by atoms with Crippen molar-refractivity contribution < 1.29 is 24.2 Å². The van der Waals surface area contributed by atoms with Crippen LogP contribution in [-0.4, -0.2) is 40.0 Å². The first kappa shape index (κ1) is 18.5. The van der Waals surface area contributed by atoms with Crippen LogP contribution >= 0.6 is 0 Å². The van der Waals surface area contributed by atoms with E-state index in [1.54, 1.807) is 20.8 Å². The summed E-state index contributed by atoms with van der Waals surface area (Å²) in [6.07, 6.45) is 0.366. The zero-order chi connectivity index (χ0) is 16.1. The summed E-state index contributed by atoms with van der Waals surface area (Å²) in [5, 5.41) is 8.96. The van der Waals surface area contributed by atoms with Crippen LogP contribution in [0.25, 0.3) is 0 Å². The van der Waals surface area contributed by atoms with E-state index in [0.717, 1.165) is 6.92 Å². The van der Waals surface area contributed by atoms with E-state index in [2.05, 4.69) is 0 Å². The van der Waals surface area contributed by atoms with Crippen LogP contribution in [0.3, 0.4) is 0 Å². The SMILES string of the molecule is CC(=O)[C@](N)(CCCC(N)C(=O)OC(C)(C)C)C(=O)O. The molecule has 0 aliphatic carbocycles. The third kappa shape index (κ3) is 5.66. The molecule has 0 saturated heterocycles. The fraction of sp³-hybridized carbons (Fsp3) is 0.769. The van der Waals surface area contributed by atoms with Gasteiger partial charge in [-0.3, -0.25) is 9.59 Å². The molecule has 116 valence electrons. The second-order valence-corrected chi connectivity index (χ2v) is 5.86. The van der Waals surface area contributed by atoms with Crippen molar-refractivity contribution in [2.75, 3.05) is 0 Å². The molecule has 5 N–H and O–H groups in total. The number of ether oxygens (including phenoxy) is 1. The molecule has 0 saturated carbocycles. The summed E-state index contributed by atoms with van der Waals surface area (Å²) in [4.78, 5) is 33.9. The van der Waals surface area contributed by atoms with Crippen LogP contribution in [0.2, 0.25) is 0 Å². The maximum absolute atomic E-state index is 11.6. The second-order valence-electron chi connectivity index (χ2n) is 5.86. The molecule has 0 aromatic heterocycles. The van der Waals surface area contributed by atoms with Gasteiger partial charge in [0.25, 0.3) is 0 Å². The van der Waals surface area contributed by atoms with Crippen LogP contribution < -0.4 is 11.5 Å². The van der Waals surface area contributed by atoms with Crippen LogP contribution in [0.5, 0.6) is 0 Å². The molecule has 0 rings (SSSR count). The molecule has 7 heteroatoms. The maximum Gasteiger partial charge on any atom is 0.331 e. The molecule has 7 nitrogen and oxygen atoms in total. The molecule has 0 heterocycles. The monoisotopic (exact) mass is 288 g/mol. The summed E-state index contributed by atoms with van der Waals surface area (Å²) in [5.74, 6) is -2.56. The smallest absolute Gasteiger partial charge is 0.331 e. The van der Waals surface area contributed by atoms with E-state index in [-0.39, 0.29) is 19.3 Å². The molecule has 0 aromatic carbocycles. The molecule has 0 radical (unpaired) electrons. The predicted octanol–water partition coefficient (Wildman–Crippen LogP) is 0.197. The van der Waals surface area contributed by atoms with Gasteiger partial charge in [0.2, 0.25) is 0 Å². The lowest BCUT2D eigenvalue weighted by Gasteiger charge is -2.24. The van der Waals surface area contributed by atoms with Gasteiger partial charge in [-0.2, -0.15) is 0 Å². The fourth-order valence-corrected chi connectivity index (χ4v) is 1.53. The highest BCUT2D eigenvalue weighted by Gasteiger charge is 2.38. The lowest BCUT2D eigenvalue weighted by Crippen LogP contribution is -2.54. The molecule has 0 aliphatic rings. The number of ketones is 1. The van der Waals surface area contributed by atoms with E-state index < -0.39 is 34.9 Å². The third-order valence-electron chi connectivity index (χ3n) is 2.81. The first-order chi connectivity index (χ1) is 8.90. The van der Waals surface area contributed by atoms with Gasteiger partial charge in [-0.1, -0.05) is 0 Å². The molecule has 20 heavy (non-hydrogen) atoms. The number of hydrogen-bond donors (Lipinski definition) is 3. The minimum absolute atomic E-state index is 0.0752. The van der Waals surface area contributed by atoms with E-state index >= 15 is 0 Å². The number of rotatable bonds is 7. The average Bonchev–Trinajstić information content (AvgIpc) is 2.25. The zero-order valence-electron chi connectivity index (χ0n) is 12.4. The lowest BCUT2D eigenvalue weighted by atomic mass is 9.89. The van der Waals surface area contributed by atoms with E-state index in [4.69, 9.17) is 21.3 Å². The number of Topliss-reactive ketones (excluding diaryl/α,β-unsaturated/α-hetero) is 1. The summed E-state index contributed by atoms with van der Waals surface area (Å²) in [6, 6.07) is -0.862. The highest BCUT2D eigenvalue weighted by atomic mass is 16.6. The largest absolute Gasteiger partial charge is 0.480 e. The molecule has 1 unspecified atom stereocenters. The maximum atomic E-state index is 11.6. The minimum atomic E-state index is -1.92. The predicted molar refractivity (Wildman–Crippen MR) is 72.9 cm³/mol. The Bertz CT molecular complexity index is 373. The van der Waals surface area contributed by atoms with Crippen LogP contribution in [0, 0.1) is 0 Å². The van der Waals surface area contributed by atoms with Crippen molar-refractivity contribution in [3.63, 3.8) is 0 Å². The van der Waals surface area contributed by atoms with Crippen LogP contribution in [-0.2, 0) is 19.1 Å². The Balaban J connectivity index is 4.40. The Morgan fingerprint density at radius 2 is 1.75 bits per heavy atom. The molecule has 0 aromatic rings. The normalized spacial score (nSPS) is 16.1. The van der Waals surface area contributed by atoms with Crippen molar-refractivity contribution in [1.82, 2.24) is 0 Å². The number of esters is 1. The van der Waals surface area contributed by atoms with Gasteiger partial charge in [0, 0.05) is 0 Å². The van der Waals surface area contributed by atoms with Crippen molar-refractivity contribution in [3.8, 4) is 0 Å². The lowest BCUT2D eigenvalue weighted by molar-refractivity contribution is -0.156. The number of hydrogen-bond acceptors (Lipinski definition) is 6. The van der Waals surface area contributed by atoms with Gasteiger partial charge in [0.15, 0.2) is 11.3 Å². The average molecular weight is 288 g/mol. The highest BCUT2D eigenvalue weighted by Crippen LogP contribution is 2.15. The number of carboxylic acid groups (broad SMARTS) is 1. The summed E-state index contributed by atoms with van der Waals surface area (Å²) >= 11 is 0. The zero-order valence-corrected chi connectivity index (χ0v) is 12.4. The number of carbonyl (C=O) groups excluding carboxylic acids is 2. The molecule has 0 spiro atoms. The van der Waals surface area contributed by atoms with Gasteiger partial charge in [-0.05, 0) is 47.0 Å². The molecule has 0 amide bonds. The number of nitrogens with two attached hydrogens (primary N) is 2. The summed E-state index contributed by atoms with van der Waals surface area (Å²) in [6.45, 7) is 6.30. The Morgan fingerprint density at radius 3 is 2.10 bits per heavy atom. The number of aliphatic carboxylic acids is 1. The van der Waals surface area contributed by atoms with Gasteiger partial charge in [-0.15, -0.1) is 0 Å². The first-order valence-corrected chi connectivity index (χ1v) is 6.42. The van der Waals surface area contributed by atoms with Crippen LogP contribution in [0.1, 0.15) is 47.0 Å². The van der Waals surface area contributed by atoms with E-state index in [1.807, 2.05) is 0 Å². The van der Waals surface area contributed by atoms with E-state index in [9.17, 15) is 14.4 Å². The molecule has 0 bridgehead atoms. The van der Waals surface area contributed by atoms with Crippen LogP contribution in [0.4, 0.5) is 0 Å². The number of carbonyl (C=O) groups is 3. The van der Waals surface area contributed by atoms with Gasteiger partial charge in [-0.25, -0.2) is 4.79 Å². The van der Waals surface area contributed by atoms with Gasteiger partial charge in [0.1, 0.15) is 11.6 Å². The fourth-order valence-electron chi connectivity index (χ4n) is 1.53. The van der Waals surface area contributed by atoms with Crippen molar-refractivity contribution in [2.45, 2.75) is 64.1 Å². The Labute approximate surface area is 118 Å². The van der Waals surface area contributed by atoms with Gasteiger partial charge >= 0.3 is 11.9 Å². The summed E-state index contributed by atoms with van der Waals surface area (Å²) in [5.41, 5.74) is 8.64. The van der Waals surface area contributed by atoms with E-state index in [1.165, 1.54) is 0 Å². The third-order valence-corrected chi connectivity index (χ3v) is 2.81. The molecular formula is C13H24N2O5. The summed E-state index contributed by atoms with van der Waals surface area (Å²) in [7, 11) is 0. The number of carboxylic acids is 1. The standard InChI is InChI=1S/C13H24N2O5/c1-8(16)13(15,11(18)19)7-5-6-9(14)10(17)20-12(2,3)4/h9H,5-7,14-15H2,1-4H3,(H,18,19)/t9?,13-/m1/s1. The molecular weight excluding hydrogens is 264 g/mol. The van der Waals surface area contributed by atoms with Crippen LogP contribution in [0.15, 0.2) is 0 Å². The van der Waals surface area contributed by atoms with Crippen molar-refractivity contribution >= 4 is 17.7 Å². The Hall–Kier alpha value is -1.47. The van der Waals surface area contributed by atoms with Crippen molar-refractivity contribution in [3.05, 3.63) is 0 Å². The molecule has 2 atom stereocenters. The van der Waals surface area contributed by atoms with Crippen molar-refractivity contribution in [1.29, 1.82) is 0 Å². The molecule has 0 aliphatic heterocycles. The van der Waals surface area contributed by atoms with Gasteiger partial charge < -0.3 is 21.3 Å². The van der Waals surface area contributed by atoms with E-state index in [0.29, 0.717) is 0 Å². The van der Waals surface area contributed by atoms with Crippen molar-refractivity contribution in [2.24, 2.45) is 11.5 Å². The second kappa shape index (κ2) is 6.81. The quantitative estimate of drug-likeness (QED) is 0.450.